The molecule has 0 saturated heterocycles. The van der Waals surface area contributed by atoms with Crippen molar-refractivity contribution in [1.82, 2.24) is 0 Å². The van der Waals surface area contributed by atoms with Crippen LogP contribution >= 0.6 is 15.9 Å². The summed E-state index contributed by atoms with van der Waals surface area (Å²) < 4.78 is 33.2. The van der Waals surface area contributed by atoms with Crippen molar-refractivity contribution in [3.63, 3.8) is 0 Å². The molecule has 0 aliphatic carbocycles. The monoisotopic (exact) mass is 397 g/mol. The van der Waals surface area contributed by atoms with Crippen LogP contribution in [0.1, 0.15) is 31.7 Å². The van der Waals surface area contributed by atoms with Crippen LogP contribution in [0.2, 0.25) is 0 Å². The number of anilines is 1. The smallest absolute Gasteiger partial charge is 0.261 e. The summed E-state index contributed by atoms with van der Waals surface area (Å²) in [5.74, 6) is 1.04. The predicted octanol–water partition coefficient (Wildman–Crippen LogP) is 4.77. The molecule has 0 spiro atoms. The number of rotatable bonds is 6. The summed E-state index contributed by atoms with van der Waals surface area (Å²) in [4.78, 5) is 0.177. The van der Waals surface area contributed by atoms with E-state index in [1.54, 1.807) is 18.2 Å². The average molecular weight is 398 g/mol. The van der Waals surface area contributed by atoms with Crippen LogP contribution in [0.25, 0.3) is 0 Å². The van der Waals surface area contributed by atoms with Gasteiger partial charge < -0.3 is 4.74 Å². The van der Waals surface area contributed by atoms with Gasteiger partial charge in [0.05, 0.1) is 16.5 Å². The molecule has 6 heteroatoms. The normalized spacial score (nSPS) is 12.7. The van der Waals surface area contributed by atoms with E-state index in [2.05, 4.69) is 34.5 Å². The lowest BCUT2D eigenvalue weighted by Gasteiger charge is -2.12. The minimum atomic E-state index is -3.64. The van der Waals surface area contributed by atoms with Crippen molar-refractivity contribution in [2.24, 2.45) is 0 Å². The number of methoxy groups -OCH3 is 1. The molecule has 0 unspecified atom stereocenters. The molecule has 0 bridgehead atoms. The van der Waals surface area contributed by atoms with Gasteiger partial charge in [0.15, 0.2) is 0 Å². The van der Waals surface area contributed by atoms with E-state index in [0.29, 0.717) is 21.8 Å². The Labute approximate surface area is 146 Å². The van der Waals surface area contributed by atoms with Gasteiger partial charge in [0, 0.05) is 5.69 Å². The Balaban J connectivity index is 2.22. The highest BCUT2D eigenvalue weighted by Gasteiger charge is 2.16. The van der Waals surface area contributed by atoms with E-state index < -0.39 is 10.0 Å². The van der Waals surface area contributed by atoms with Crippen molar-refractivity contribution in [3.05, 3.63) is 52.5 Å². The number of ether oxygens (including phenoxy) is 1. The van der Waals surface area contributed by atoms with Crippen LogP contribution < -0.4 is 9.46 Å². The van der Waals surface area contributed by atoms with Gasteiger partial charge in [0.25, 0.3) is 10.0 Å². The zero-order valence-electron chi connectivity index (χ0n) is 13.3. The quantitative estimate of drug-likeness (QED) is 0.763. The lowest BCUT2D eigenvalue weighted by Crippen LogP contribution is -2.13. The van der Waals surface area contributed by atoms with Crippen LogP contribution in [0.5, 0.6) is 5.75 Å². The Kier molecular flexibility index (Phi) is 5.70. The van der Waals surface area contributed by atoms with Gasteiger partial charge in [-0.2, -0.15) is 0 Å². The van der Waals surface area contributed by atoms with Crippen molar-refractivity contribution in [1.29, 1.82) is 0 Å². The lowest BCUT2D eigenvalue weighted by atomic mass is 9.99. The third-order valence-electron chi connectivity index (χ3n) is 3.78. The number of hydrogen-bond acceptors (Lipinski definition) is 3. The molecule has 1 N–H and O–H groups in total. The Morgan fingerprint density at radius 3 is 2.35 bits per heavy atom. The fourth-order valence-corrected chi connectivity index (χ4v) is 3.92. The SMILES string of the molecule is CC[C@H](C)c1ccc(NS(=O)(=O)c2ccc(OC)c(Br)c2)cc1. The molecule has 0 aliphatic heterocycles. The Morgan fingerprint density at radius 1 is 1.17 bits per heavy atom. The lowest BCUT2D eigenvalue weighted by molar-refractivity contribution is 0.411. The maximum atomic E-state index is 12.5. The molecule has 0 aromatic heterocycles. The van der Waals surface area contributed by atoms with E-state index >= 15 is 0 Å². The summed E-state index contributed by atoms with van der Waals surface area (Å²) >= 11 is 3.30. The molecule has 0 heterocycles. The molecule has 124 valence electrons. The summed E-state index contributed by atoms with van der Waals surface area (Å²) in [6.45, 7) is 4.27. The zero-order chi connectivity index (χ0) is 17.0. The minimum Gasteiger partial charge on any atom is -0.496 e. The van der Waals surface area contributed by atoms with Gasteiger partial charge in [0.1, 0.15) is 5.75 Å². The summed E-state index contributed by atoms with van der Waals surface area (Å²) in [5.41, 5.74) is 1.74. The molecular formula is C17H20BrNO3S. The first-order chi connectivity index (χ1) is 10.9. The number of hydrogen-bond donors (Lipinski definition) is 1. The Bertz CT molecular complexity index is 773. The van der Waals surface area contributed by atoms with Gasteiger partial charge in [-0.05, 0) is 64.2 Å². The first-order valence-corrected chi connectivity index (χ1v) is 9.61. The van der Waals surface area contributed by atoms with Gasteiger partial charge in [-0.15, -0.1) is 0 Å². The van der Waals surface area contributed by atoms with Crippen molar-refractivity contribution in [2.75, 3.05) is 11.8 Å². The summed E-state index contributed by atoms with van der Waals surface area (Å²) in [5, 5.41) is 0. The van der Waals surface area contributed by atoms with E-state index in [-0.39, 0.29) is 4.90 Å². The zero-order valence-corrected chi connectivity index (χ0v) is 15.7. The van der Waals surface area contributed by atoms with Crippen LogP contribution in [0.4, 0.5) is 5.69 Å². The number of benzene rings is 2. The van der Waals surface area contributed by atoms with E-state index in [1.807, 2.05) is 12.1 Å². The topological polar surface area (TPSA) is 55.4 Å². The number of halogens is 1. The Hall–Kier alpha value is -1.53. The molecule has 1 atom stereocenters. The fourth-order valence-electron chi connectivity index (χ4n) is 2.14. The second kappa shape index (κ2) is 7.36. The molecule has 23 heavy (non-hydrogen) atoms. The molecule has 2 aromatic rings. The molecule has 4 nitrogen and oxygen atoms in total. The second-order valence-electron chi connectivity index (χ2n) is 5.33. The van der Waals surface area contributed by atoms with E-state index in [0.717, 1.165) is 6.42 Å². The third kappa shape index (κ3) is 4.26. The van der Waals surface area contributed by atoms with Crippen LogP contribution in [0, 0.1) is 0 Å². The van der Waals surface area contributed by atoms with Crippen LogP contribution in [-0.2, 0) is 10.0 Å². The first kappa shape index (κ1) is 17.8. The highest BCUT2D eigenvalue weighted by Crippen LogP contribution is 2.28. The maximum absolute atomic E-state index is 12.5. The molecule has 0 aliphatic rings. The van der Waals surface area contributed by atoms with E-state index in [9.17, 15) is 8.42 Å². The van der Waals surface area contributed by atoms with E-state index in [1.165, 1.54) is 24.8 Å². The van der Waals surface area contributed by atoms with Crippen molar-refractivity contribution in [3.8, 4) is 5.75 Å². The highest BCUT2D eigenvalue weighted by atomic mass is 79.9. The molecular weight excluding hydrogens is 378 g/mol. The molecule has 2 aromatic carbocycles. The molecule has 0 radical (unpaired) electrons. The standard InChI is InChI=1S/C17H20BrNO3S/c1-4-12(2)13-5-7-14(8-6-13)19-23(20,21)15-9-10-17(22-3)16(18)11-15/h5-12,19H,4H2,1-3H3/t12-/m0/s1. The molecule has 2 rings (SSSR count). The summed E-state index contributed by atoms with van der Waals surface area (Å²) in [6.07, 6.45) is 1.05. The fraction of sp³-hybridized carbons (Fsp3) is 0.294. The van der Waals surface area contributed by atoms with Gasteiger partial charge in [0.2, 0.25) is 0 Å². The van der Waals surface area contributed by atoms with Crippen molar-refractivity contribution >= 4 is 31.6 Å². The van der Waals surface area contributed by atoms with Gasteiger partial charge in [-0.1, -0.05) is 26.0 Å². The van der Waals surface area contributed by atoms with Crippen molar-refractivity contribution < 1.29 is 13.2 Å². The van der Waals surface area contributed by atoms with Crippen LogP contribution in [0.3, 0.4) is 0 Å². The first-order valence-electron chi connectivity index (χ1n) is 7.33. The van der Waals surface area contributed by atoms with E-state index in [4.69, 9.17) is 4.74 Å². The Morgan fingerprint density at radius 2 is 1.83 bits per heavy atom. The van der Waals surface area contributed by atoms with Gasteiger partial charge in [-0.25, -0.2) is 8.42 Å². The predicted molar refractivity (Wildman–Crippen MR) is 96.7 cm³/mol. The summed E-state index contributed by atoms with van der Waals surface area (Å²) in [7, 11) is -2.10. The largest absolute Gasteiger partial charge is 0.496 e. The highest BCUT2D eigenvalue weighted by molar-refractivity contribution is 9.10. The second-order valence-corrected chi connectivity index (χ2v) is 7.87. The summed E-state index contributed by atoms with van der Waals surface area (Å²) in [6, 6.07) is 12.1. The third-order valence-corrected chi connectivity index (χ3v) is 5.78. The number of sulfonamides is 1. The average Bonchev–Trinajstić information content (AvgIpc) is 2.54. The van der Waals surface area contributed by atoms with Crippen LogP contribution in [0.15, 0.2) is 51.8 Å². The molecule has 0 fully saturated rings. The van der Waals surface area contributed by atoms with Gasteiger partial charge >= 0.3 is 0 Å². The molecule has 0 amide bonds. The maximum Gasteiger partial charge on any atom is 0.261 e. The number of nitrogens with one attached hydrogen (secondary N) is 1. The van der Waals surface area contributed by atoms with Gasteiger partial charge in [-0.3, -0.25) is 4.72 Å². The minimum absolute atomic E-state index is 0.177. The van der Waals surface area contributed by atoms with Crippen molar-refractivity contribution in [2.45, 2.75) is 31.1 Å². The van der Waals surface area contributed by atoms with Crippen LogP contribution in [-0.4, -0.2) is 15.5 Å². The molecule has 0 saturated carbocycles.